The maximum absolute atomic E-state index is 10.7. The molecule has 23 heavy (non-hydrogen) atoms. The Morgan fingerprint density at radius 3 is 2.91 bits per heavy atom. The molecule has 0 bridgehead atoms. The number of hydrogen-bond acceptors (Lipinski definition) is 4. The molecule has 2 fully saturated rings. The van der Waals surface area contributed by atoms with E-state index in [1.54, 1.807) is 0 Å². The van der Waals surface area contributed by atoms with E-state index in [1.807, 2.05) is 23.1 Å². The monoisotopic (exact) mass is 319 g/mol. The minimum atomic E-state index is -0.645. The van der Waals surface area contributed by atoms with Crippen LogP contribution in [0.4, 0.5) is 0 Å². The minimum absolute atomic E-state index is 0.339. The van der Waals surface area contributed by atoms with E-state index in [9.17, 15) is 10.1 Å². The van der Waals surface area contributed by atoms with E-state index in [0.29, 0.717) is 38.4 Å². The first-order valence-electron chi connectivity index (χ1n) is 7.76. The molecular weight excluding hydrogens is 298 g/mol. The van der Waals surface area contributed by atoms with Crippen LogP contribution < -0.4 is 5.32 Å². The lowest BCUT2D eigenvalue weighted by Crippen LogP contribution is -2.57. The van der Waals surface area contributed by atoms with Gasteiger partial charge in [-0.05, 0) is 12.0 Å². The van der Waals surface area contributed by atoms with Gasteiger partial charge in [0.05, 0.1) is 19.9 Å². The Kier molecular flexibility index (Phi) is 5.04. The Bertz CT molecular complexity index is 559. The van der Waals surface area contributed by atoms with Gasteiger partial charge in [-0.3, -0.25) is 4.90 Å². The molecule has 2 heterocycles. The van der Waals surface area contributed by atoms with Gasteiger partial charge in [0.15, 0.2) is 5.03 Å². The van der Waals surface area contributed by atoms with Gasteiger partial charge in [0.25, 0.3) is 5.96 Å². The number of nitrogens with zero attached hydrogens (tertiary/aromatic N) is 4. The summed E-state index contributed by atoms with van der Waals surface area (Å²) in [7, 11) is 0. The number of ether oxygens (including phenoxy) is 1. The van der Waals surface area contributed by atoms with Crippen LogP contribution in [0.5, 0.6) is 0 Å². The molecule has 1 N–H and O–H groups in total. The Labute approximate surface area is 134 Å². The summed E-state index contributed by atoms with van der Waals surface area (Å²) in [6.07, 6.45) is 0.987. The van der Waals surface area contributed by atoms with Crippen molar-refractivity contribution >= 4 is 5.96 Å². The SMILES string of the molecule is O=[N+]([O-])N=C1NCN(Cc2ccccc2)CN1CC1CCOC1. The average molecular weight is 319 g/mol. The number of hydrazone groups is 1. The van der Waals surface area contributed by atoms with E-state index in [4.69, 9.17) is 4.74 Å². The molecule has 0 aromatic heterocycles. The van der Waals surface area contributed by atoms with Crippen molar-refractivity contribution in [3.8, 4) is 0 Å². The largest absolute Gasteiger partial charge is 0.381 e. The van der Waals surface area contributed by atoms with Crippen LogP contribution in [0.3, 0.4) is 0 Å². The van der Waals surface area contributed by atoms with Crippen molar-refractivity contribution in [1.29, 1.82) is 0 Å². The summed E-state index contributed by atoms with van der Waals surface area (Å²) in [5.74, 6) is 0.733. The van der Waals surface area contributed by atoms with Crippen molar-refractivity contribution in [3.63, 3.8) is 0 Å². The fourth-order valence-electron chi connectivity index (χ4n) is 2.96. The molecule has 124 valence electrons. The number of benzene rings is 1. The zero-order chi connectivity index (χ0) is 16.1. The van der Waals surface area contributed by atoms with Crippen LogP contribution in [0.25, 0.3) is 0 Å². The predicted octanol–water partition coefficient (Wildman–Crippen LogP) is 0.893. The molecule has 0 spiro atoms. The zero-order valence-electron chi connectivity index (χ0n) is 12.9. The molecule has 0 aliphatic carbocycles. The fraction of sp³-hybridized carbons (Fsp3) is 0.533. The van der Waals surface area contributed by atoms with Gasteiger partial charge in [0.2, 0.25) is 0 Å². The molecule has 2 aliphatic rings. The lowest BCUT2D eigenvalue weighted by Gasteiger charge is -2.38. The second-order valence-electron chi connectivity index (χ2n) is 5.90. The Hall–Kier alpha value is -2.19. The van der Waals surface area contributed by atoms with E-state index < -0.39 is 5.03 Å². The van der Waals surface area contributed by atoms with Gasteiger partial charge in [-0.1, -0.05) is 30.3 Å². The highest BCUT2D eigenvalue weighted by Crippen LogP contribution is 2.16. The van der Waals surface area contributed by atoms with Gasteiger partial charge < -0.3 is 15.0 Å². The normalized spacial score (nSPS) is 23.9. The van der Waals surface area contributed by atoms with Crippen LogP contribution in [0.2, 0.25) is 0 Å². The van der Waals surface area contributed by atoms with Gasteiger partial charge in [-0.25, -0.2) is 10.1 Å². The summed E-state index contributed by atoms with van der Waals surface area (Å²) in [5, 5.41) is 16.6. The highest BCUT2D eigenvalue weighted by Gasteiger charge is 2.28. The average Bonchev–Trinajstić information content (AvgIpc) is 3.03. The number of hydrogen-bond donors (Lipinski definition) is 1. The van der Waals surface area contributed by atoms with Crippen LogP contribution in [0.1, 0.15) is 12.0 Å². The van der Waals surface area contributed by atoms with Crippen molar-refractivity contribution in [2.24, 2.45) is 11.0 Å². The molecule has 0 radical (unpaired) electrons. The summed E-state index contributed by atoms with van der Waals surface area (Å²) in [6, 6.07) is 10.2. The topological polar surface area (TPSA) is 83.2 Å². The van der Waals surface area contributed by atoms with E-state index in [-0.39, 0.29) is 0 Å². The summed E-state index contributed by atoms with van der Waals surface area (Å²) >= 11 is 0. The maximum Gasteiger partial charge on any atom is 0.273 e. The summed E-state index contributed by atoms with van der Waals surface area (Å²) in [6.45, 7) is 4.13. The van der Waals surface area contributed by atoms with E-state index >= 15 is 0 Å². The lowest BCUT2D eigenvalue weighted by molar-refractivity contribution is -0.486. The number of guanidine groups is 1. The summed E-state index contributed by atoms with van der Waals surface area (Å²) in [5.41, 5.74) is 1.22. The minimum Gasteiger partial charge on any atom is -0.381 e. The molecule has 3 rings (SSSR count). The Balaban J connectivity index is 1.66. The molecule has 1 aromatic carbocycles. The zero-order valence-corrected chi connectivity index (χ0v) is 12.9. The van der Waals surface area contributed by atoms with Crippen LogP contribution in [0, 0.1) is 16.0 Å². The third-order valence-electron chi connectivity index (χ3n) is 4.06. The highest BCUT2D eigenvalue weighted by molar-refractivity contribution is 5.79. The summed E-state index contributed by atoms with van der Waals surface area (Å²) < 4.78 is 5.40. The molecule has 2 saturated heterocycles. The number of nitro groups is 1. The molecule has 0 saturated carbocycles. The van der Waals surface area contributed by atoms with E-state index in [2.05, 4.69) is 27.5 Å². The summed E-state index contributed by atoms with van der Waals surface area (Å²) in [4.78, 5) is 14.9. The first-order chi connectivity index (χ1) is 11.2. The smallest absolute Gasteiger partial charge is 0.273 e. The molecule has 1 aromatic rings. The maximum atomic E-state index is 10.7. The molecule has 0 amide bonds. The molecule has 1 atom stereocenters. The molecule has 8 heteroatoms. The molecular formula is C15H21N5O3. The third-order valence-corrected chi connectivity index (χ3v) is 4.06. The van der Waals surface area contributed by atoms with Crippen molar-refractivity contribution in [1.82, 2.24) is 15.1 Å². The lowest BCUT2D eigenvalue weighted by atomic mass is 10.1. The highest BCUT2D eigenvalue weighted by atomic mass is 16.7. The molecule has 1 unspecified atom stereocenters. The van der Waals surface area contributed by atoms with E-state index in [1.165, 1.54) is 5.56 Å². The quantitative estimate of drug-likeness (QED) is 0.641. The van der Waals surface area contributed by atoms with Crippen LogP contribution >= 0.6 is 0 Å². The van der Waals surface area contributed by atoms with Crippen molar-refractivity contribution in [2.45, 2.75) is 13.0 Å². The van der Waals surface area contributed by atoms with Crippen LogP contribution in [0.15, 0.2) is 35.4 Å². The van der Waals surface area contributed by atoms with Crippen LogP contribution in [-0.2, 0) is 11.3 Å². The van der Waals surface area contributed by atoms with Gasteiger partial charge >= 0.3 is 0 Å². The van der Waals surface area contributed by atoms with Gasteiger partial charge in [0.1, 0.15) is 5.10 Å². The van der Waals surface area contributed by atoms with Gasteiger partial charge in [-0.15, -0.1) is 0 Å². The Morgan fingerprint density at radius 1 is 1.39 bits per heavy atom. The standard InChI is InChI=1S/C15H21N5O3/c21-20(22)17-15-16-11-18(8-13-4-2-1-3-5-13)12-19(15)9-14-6-7-23-10-14/h1-5,14H,6-12H2,(H,16,17). The van der Waals surface area contributed by atoms with Gasteiger partial charge in [0, 0.05) is 25.6 Å². The third kappa shape index (κ3) is 4.40. The Morgan fingerprint density at radius 2 is 2.22 bits per heavy atom. The first-order valence-corrected chi connectivity index (χ1v) is 7.76. The predicted molar refractivity (Wildman–Crippen MR) is 84.9 cm³/mol. The van der Waals surface area contributed by atoms with Crippen LogP contribution in [-0.4, -0.2) is 53.9 Å². The number of nitrogens with one attached hydrogen (secondary N) is 1. The van der Waals surface area contributed by atoms with Crippen molar-refractivity contribution < 1.29 is 9.77 Å². The second kappa shape index (κ2) is 7.38. The van der Waals surface area contributed by atoms with Gasteiger partial charge in [-0.2, -0.15) is 0 Å². The molecule has 8 nitrogen and oxygen atoms in total. The number of rotatable bonds is 5. The second-order valence-corrected chi connectivity index (χ2v) is 5.90. The first kappa shape index (κ1) is 15.7. The molecule has 2 aliphatic heterocycles. The fourth-order valence-corrected chi connectivity index (χ4v) is 2.96. The van der Waals surface area contributed by atoms with E-state index in [0.717, 1.165) is 19.6 Å². The van der Waals surface area contributed by atoms with Crippen molar-refractivity contribution in [2.75, 3.05) is 33.1 Å². The van der Waals surface area contributed by atoms with Crippen molar-refractivity contribution in [3.05, 3.63) is 46.0 Å².